The monoisotopic (exact) mass is 431 g/mol. The Morgan fingerprint density at radius 2 is 2.29 bits per heavy atom. The number of allylic oxidation sites excluding steroid dienone is 1. The molecule has 3 aliphatic rings. The highest BCUT2D eigenvalue weighted by molar-refractivity contribution is 6.18. The van der Waals surface area contributed by atoms with Crippen molar-refractivity contribution in [1.82, 2.24) is 5.32 Å². The largest absolute Gasteiger partial charge is 0.484 e. The van der Waals surface area contributed by atoms with E-state index >= 15 is 0 Å². The number of carbonyl (C=O) groups excluding carboxylic acids is 1. The van der Waals surface area contributed by atoms with E-state index in [0.29, 0.717) is 23.5 Å². The summed E-state index contributed by atoms with van der Waals surface area (Å²) in [6.07, 6.45) is 5.73. The first-order valence-corrected chi connectivity index (χ1v) is 9.85. The molecule has 3 heterocycles. The Bertz CT molecular complexity index is 1020. The minimum atomic E-state index is -2.82. The van der Waals surface area contributed by atoms with Crippen LogP contribution in [0.2, 0.25) is 0 Å². The number of amides is 1. The molecule has 4 N–H and O–H groups in total. The Morgan fingerprint density at radius 3 is 2.90 bits per heavy atom. The van der Waals surface area contributed by atoms with Crippen LogP contribution in [0.25, 0.3) is 0 Å². The van der Waals surface area contributed by atoms with Crippen molar-refractivity contribution in [1.29, 1.82) is 5.41 Å². The lowest BCUT2D eigenvalue weighted by Crippen LogP contribution is -2.34. The van der Waals surface area contributed by atoms with Crippen LogP contribution in [-0.2, 0) is 11.2 Å². The van der Waals surface area contributed by atoms with Gasteiger partial charge in [-0.25, -0.2) is 13.8 Å². The van der Waals surface area contributed by atoms with Crippen molar-refractivity contribution in [3.8, 4) is 5.75 Å². The number of halogens is 2. The van der Waals surface area contributed by atoms with Gasteiger partial charge in [0.2, 0.25) is 0 Å². The number of hydrogen-bond donors (Lipinski definition) is 4. The molecule has 1 amide bonds. The van der Waals surface area contributed by atoms with E-state index in [-0.39, 0.29) is 31.0 Å². The zero-order valence-corrected chi connectivity index (χ0v) is 16.9. The van der Waals surface area contributed by atoms with Crippen LogP contribution in [0.1, 0.15) is 18.9 Å². The van der Waals surface area contributed by atoms with Gasteiger partial charge in [-0.3, -0.25) is 4.79 Å². The highest BCUT2D eigenvalue weighted by Crippen LogP contribution is 2.43. The third kappa shape index (κ3) is 4.15. The summed E-state index contributed by atoms with van der Waals surface area (Å²) in [6, 6.07) is 3.31. The Kier molecular flexibility index (Phi) is 5.26. The van der Waals surface area contributed by atoms with Crippen molar-refractivity contribution in [2.24, 2.45) is 4.99 Å². The first-order chi connectivity index (χ1) is 14.7. The number of nitrogens with one attached hydrogen (secondary N) is 3. The smallest absolute Gasteiger partial charge is 0.266 e. The number of rotatable bonds is 5. The van der Waals surface area contributed by atoms with Gasteiger partial charge in [0.15, 0.2) is 0 Å². The van der Waals surface area contributed by atoms with Crippen molar-refractivity contribution < 1.29 is 23.4 Å². The molecule has 1 aromatic carbocycles. The highest BCUT2D eigenvalue weighted by Gasteiger charge is 2.41. The number of anilines is 2. The maximum absolute atomic E-state index is 13.9. The number of carbonyl (C=O) groups is 1. The maximum Gasteiger partial charge on any atom is 0.266 e. The lowest BCUT2D eigenvalue weighted by Gasteiger charge is -2.24. The fourth-order valence-corrected chi connectivity index (χ4v) is 3.85. The molecule has 0 unspecified atom stereocenters. The van der Waals surface area contributed by atoms with Crippen LogP contribution in [0.5, 0.6) is 5.75 Å². The predicted molar refractivity (Wildman–Crippen MR) is 113 cm³/mol. The van der Waals surface area contributed by atoms with Crippen LogP contribution in [0.4, 0.5) is 20.2 Å². The molecule has 0 bridgehead atoms. The third-order valence-corrected chi connectivity index (χ3v) is 5.44. The molecule has 10 heteroatoms. The van der Waals surface area contributed by atoms with Crippen molar-refractivity contribution in [2.45, 2.75) is 31.3 Å². The number of aliphatic imine (C=N–C) groups is 1. The normalized spacial score (nSPS) is 25.0. The molecule has 3 aliphatic heterocycles. The predicted octanol–water partition coefficient (Wildman–Crippen LogP) is 2.21. The summed E-state index contributed by atoms with van der Waals surface area (Å²) < 4.78 is 33.6. The molecule has 0 aliphatic carbocycles. The summed E-state index contributed by atoms with van der Waals surface area (Å²) in [5, 5.41) is 22.8. The van der Waals surface area contributed by atoms with E-state index in [1.807, 2.05) is 0 Å². The molecule has 4 rings (SSSR count). The summed E-state index contributed by atoms with van der Waals surface area (Å²) in [4.78, 5) is 18.5. The minimum Gasteiger partial charge on any atom is -0.484 e. The van der Waals surface area contributed by atoms with Gasteiger partial charge in [0, 0.05) is 49.6 Å². The Labute approximate surface area is 177 Å². The van der Waals surface area contributed by atoms with E-state index in [0.717, 1.165) is 11.8 Å². The zero-order chi connectivity index (χ0) is 22.2. The van der Waals surface area contributed by atoms with Crippen molar-refractivity contribution in [3.63, 3.8) is 0 Å². The zero-order valence-electron chi connectivity index (χ0n) is 16.9. The van der Waals surface area contributed by atoms with E-state index in [9.17, 15) is 18.7 Å². The summed E-state index contributed by atoms with van der Waals surface area (Å²) in [7, 11) is 0. The molecule has 1 fully saturated rings. The number of hydrogen-bond acceptors (Lipinski definition) is 7. The average molecular weight is 431 g/mol. The highest BCUT2D eigenvalue weighted by atomic mass is 19.3. The third-order valence-electron chi connectivity index (χ3n) is 5.44. The number of ether oxygens (including phenoxy) is 1. The number of nitrogens with zero attached hydrogens (tertiary/aromatic N) is 2. The quantitative estimate of drug-likeness (QED) is 0.422. The van der Waals surface area contributed by atoms with Gasteiger partial charge in [-0.15, -0.1) is 0 Å². The van der Waals surface area contributed by atoms with Gasteiger partial charge in [-0.05, 0) is 19.1 Å². The van der Waals surface area contributed by atoms with Crippen molar-refractivity contribution in [3.05, 3.63) is 41.4 Å². The molecule has 0 aromatic heterocycles. The number of aliphatic hydroxyl groups excluding tert-OH is 1. The molecule has 8 nitrogen and oxygen atoms in total. The van der Waals surface area contributed by atoms with Crippen molar-refractivity contribution in [2.75, 3.05) is 29.9 Å². The molecule has 1 saturated heterocycles. The molecular weight excluding hydrogens is 408 g/mol. The van der Waals surface area contributed by atoms with Crippen LogP contribution in [0.3, 0.4) is 0 Å². The minimum absolute atomic E-state index is 0.00440. The molecule has 164 valence electrons. The lowest BCUT2D eigenvalue weighted by molar-refractivity contribution is -0.112. The fourth-order valence-electron chi connectivity index (χ4n) is 3.85. The molecular formula is C21H23F2N5O3. The van der Waals surface area contributed by atoms with Gasteiger partial charge in [0.1, 0.15) is 17.2 Å². The number of benzene rings is 1. The second-order valence-corrected chi connectivity index (χ2v) is 8.03. The summed E-state index contributed by atoms with van der Waals surface area (Å²) >= 11 is 0. The van der Waals surface area contributed by atoms with Gasteiger partial charge in [0.05, 0.1) is 30.1 Å². The molecule has 0 radical (unpaired) electrons. The maximum atomic E-state index is 13.9. The van der Waals surface area contributed by atoms with E-state index in [1.54, 1.807) is 31.3 Å². The number of aliphatic hydroxyl groups is 1. The molecule has 31 heavy (non-hydrogen) atoms. The standard InChI is InChI=1S/C21H23F2N5O3/c1-20(12-29)9-13-7-15(27-19(30)14(10-24)18-25-4-2-5-26-18)16(8-17(13)31-20)28-6-3-21(22,23)11-28/h2,4-5,7-8,10,24-25,29H,3,6,9,11-12H2,1H3,(H,27,30)/b18-14-,24-10?/t20-/m0/s1. The van der Waals surface area contributed by atoms with Gasteiger partial charge in [-0.1, -0.05) is 0 Å². The SMILES string of the molecule is C[C@@]1(CO)Cc2cc(NC(=O)/C(C=N)=C3\N=CC=CN3)c(N3CCC(F)(F)C3)cc2O1. The van der Waals surface area contributed by atoms with Crippen LogP contribution in [0, 0.1) is 5.41 Å². The van der Waals surface area contributed by atoms with Crippen LogP contribution >= 0.6 is 0 Å². The van der Waals surface area contributed by atoms with E-state index in [4.69, 9.17) is 10.1 Å². The number of alkyl halides is 2. The summed E-state index contributed by atoms with van der Waals surface area (Å²) in [5.41, 5.74) is 0.674. The van der Waals surface area contributed by atoms with Gasteiger partial charge >= 0.3 is 0 Å². The Hall–Kier alpha value is -3.27. The van der Waals surface area contributed by atoms with Crippen LogP contribution in [0.15, 0.2) is 40.8 Å². The van der Waals surface area contributed by atoms with Crippen molar-refractivity contribution >= 4 is 29.7 Å². The van der Waals surface area contributed by atoms with Crippen LogP contribution < -0.4 is 20.3 Å². The van der Waals surface area contributed by atoms with Gasteiger partial charge < -0.3 is 30.8 Å². The van der Waals surface area contributed by atoms with Gasteiger partial charge in [-0.2, -0.15) is 0 Å². The van der Waals surface area contributed by atoms with E-state index in [1.165, 1.54) is 11.1 Å². The first-order valence-electron chi connectivity index (χ1n) is 9.85. The fraction of sp³-hybridized carbons (Fsp3) is 0.381. The average Bonchev–Trinajstić information content (AvgIpc) is 3.27. The summed E-state index contributed by atoms with van der Waals surface area (Å²) in [5.74, 6) is -2.72. The lowest BCUT2D eigenvalue weighted by atomic mass is 9.99. The molecule has 0 spiro atoms. The Balaban J connectivity index is 1.70. The molecule has 0 saturated carbocycles. The summed E-state index contributed by atoms with van der Waals surface area (Å²) in [6.45, 7) is 1.21. The topological polar surface area (TPSA) is 110 Å². The van der Waals surface area contributed by atoms with Gasteiger partial charge in [0.25, 0.3) is 11.8 Å². The first kappa shape index (κ1) is 21.0. The molecule has 1 atom stereocenters. The number of fused-ring (bicyclic) bond motifs is 1. The Morgan fingerprint density at radius 1 is 1.48 bits per heavy atom. The van der Waals surface area contributed by atoms with E-state index < -0.39 is 24.0 Å². The second kappa shape index (κ2) is 7.77. The second-order valence-electron chi connectivity index (χ2n) is 8.03. The molecule has 1 aromatic rings. The van der Waals surface area contributed by atoms with Crippen LogP contribution in [-0.4, -0.2) is 54.7 Å². The van der Waals surface area contributed by atoms with E-state index in [2.05, 4.69) is 15.6 Å².